The molecule has 1 aliphatic rings. The maximum atomic E-state index is 12.8. The van der Waals surface area contributed by atoms with Crippen molar-refractivity contribution in [3.63, 3.8) is 0 Å². The molecule has 1 aromatic rings. The zero-order valence-corrected chi connectivity index (χ0v) is 17.7. The van der Waals surface area contributed by atoms with Crippen LogP contribution in [0.5, 0.6) is 0 Å². The van der Waals surface area contributed by atoms with Crippen LogP contribution < -0.4 is 10.2 Å². The average Bonchev–Trinajstić information content (AvgIpc) is 2.77. The maximum absolute atomic E-state index is 12.8. The topological polar surface area (TPSA) is 88.9 Å². The highest BCUT2D eigenvalue weighted by atomic mass is 16.5. The first-order valence-corrected chi connectivity index (χ1v) is 10.9. The molecule has 0 spiro atoms. The Morgan fingerprint density at radius 3 is 2.69 bits per heavy atom. The minimum atomic E-state index is -0.161. The van der Waals surface area contributed by atoms with Gasteiger partial charge in [-0.2, -0.15) is 0 Å². The molecule has 1 saturated heterocycles. The first-order valence-electron chi connectivity index (χ1n) is 10.9. The Labute approximate surface area is 174 Å². The van der Waals surface area contributed by atoms with E-state index in [1.165, 1.54) is 30.1 Å². The van der Waals surface area contributed by atoms with Crippen molar-refractivity contribution in [2.75, 3.05) is 52.5 Å². The van der Waals surface area contributed by atoms with Gasteiger partial charge < -0.3 is 19.9 Å². The Morgan fingerprint density at radius 1 is 1.14 bits per heavy atom. The SMILES string of the molecule is CCCCCCNC(=O)CCN(CCC[NH+]1CCOCC1)C(=O)c1cnccn1. The van der Waals surface area contributed by atoms with Crippen LogP contribution in [0.25, 0.3) is 0 Å². The van der Waals surface area contributed by atoms with Crippen LogP contribution in [0.2, 0.25) is 0 Å². The van der Waals surface area contributed by atoms with Crippen molar-refractivity contribution in [3.8, 4) is 0 Å². The molecule has 29 heavy (non-hydrogen) atoms. The first kappa shape index (κ1) is 23.2. The van der Waals surface area contributed by atoms with E-state index < -0.39 is 0 Å². The van der Waals surface area contributed by atoms with Crippen molar-refractivity contribution >= 4 is 11.8 Å². The molecule has 0 aliphatic carbocycles. The van der Waals surface area contributed by atoms with Crippen molar-refractivity contribution in [1.29, 1.82) is 0 Å². The van der Waals surface area contributed by atoms with E-state index in [4.69, 9.17) is 4.74 Å². The fourth-order valence-electron chi connectivity index (χ4n) is 3.42. The lowest BCUT2D eigenvalue weighted by Crippen LogP contribution is -3.14. The molecule has 8 heteroatoms. The van der Waals surface area contributed by atoms with E-state index in [-0.39, 0.29) is 11.8 Å². The second-order valence-corrected chi connectivity index (χ2v) is 7.51. The molecule has 0 unspecified atom stereocenters. The van der Waals surface area contributed by atoms with E-state index in [0.717, 1.165) is 52.1 Å². The van der Waals surface area contributed by atoms with E-state index in [9.17, 15) is 9.59 Å². The number of carbonyl (C=O) groups is 2. The van der Waals surface area contributed by atoms with E-state index in [2.05, 4.69) is 22.2 Å². The number of carbonyl (C=O) groups excluding carboxylic acids is 2. The zero-order valence-electron chi connectivity index (χ0n) is 17.7. The number of amides is 2. The molecule has 2 N–H and O–H groups in total. The Kier molecular flexibility index (Phi) is 11.2. The summed E-state index contributed by atoms with van der Waals surface area (Å²) in [5, 5.41) is 2.96. The van der Waals surface area contributed by atoms with Crippen LogP contribution in [-0.2, 0) is 9.53 Å². The number of ether oxygens (including phenoxy) is 1. The summed E-state index contributed by atoms with van der Waals surface area (Å²) >= 11 is 0. The lowest BCUT2D eigenvalue weighted by Gasteiger charge is -2.26. The number of rotatable bonds is 13. The van der Waals surface area contributed by atoms with Gasteiger partial charge in [-0.05, 0) is 6.42 Å². The van der Waals surface area contributed by atoms with Gasteiger partial charge in [0.2, 0.25) is 5.91 Å². The minimum absolute atomic E-state index is 0.00255. The largest absolute Gasteiger partial charge is 0.370 e. The Balaban J connectivity index is 1.80. The molecule has 8 nitrogen and oxygen atoms in total. The smallest absolute Gasteiger partial charge is 0.274 e. The number of quaternary nitrogens is 1. The first-order chi connectivity index (χ1) is 14.2. The quantitative estimate of drug-likeness (QED) is 0.460. The average molecular weight is 407 g/mol. The van der Waals surface area contributed by atoms with Crippen LogP contribution in [-0.4, -0.2) is 79.2 Å². The molecular weight excluding hydrogens is 370 g/mol. The van der Waals surface area contributed by atoms with Gasteiger partial charge in [-0.15, -0.1) is 0 Å². The van der Waals surface area contributed by atoms with Gasteiger partial charge in [0.25, 0.3) is 5.91 Å². The third kappa shape index (κ3) is 9.32. The normalized spacial score (nSPS) is 14.5. The molecule has 162 valence electrons. The van der Waals surface area contributed by atoms with Crippen molar-refractivity contribution in [2.45, 2.75) is 45.4 Å². The van der Waals surface area contributed by atoms with Crippen LogP contribution in [0.4, 0.5) is 0 Å². The molecule has 0 aromatic carbocycles. The lowest BCUT2D eigenvalue weighted by atomic mass is 10.2. The highest BCUT2D eigenvalue weighted by Crippen LogP contribution is 2.03. The minimum Gasteiger partial charge on any atom is -0.370 e. The van der Waals surface area contributed by atoms with Crippen LogP contribution >= 0.6 is 0 Å². The highest BCUT2D eigenvalue weighted by molar-refractivity contribution is 5.92. The molecule has 2 rings (SSSR count). The van der Waals surface area contributed by atoms with Gasteiger partial charge >= 0.3 is 0 Å². The Bertz CT molecular complexity index is 593. The van der Waals surface area contributed by atoms with Crippen LogP contribution in [0.15, 0.2) is 18.6 Å². The van der Waals surface area contributed by atoms with Crippen LogP contribution in [0.3, 0.4) is 0 Å². The van der Waals surface area contributed by atoms with E-state index in [0.29, 0.717) is 31.7 Å². The summed E-state index contributed by atoms with van der Waals surface area (Å²) in [7, 11) is 0. The molecule has 0 atom stereocenters. The number of morpholine rings is 1. The highest BCUT2D eigenvalue weighted by Gasteiger charge is 2.20. The zero-order chi connectivity index (χ0) is 20.7. The molecule has 0 bridgehead atoms. The van der Waals surface area contributed by atoms with Crippen LogP contribution in [0, 0.1) is 0 Å². The standard InChI is InChI=1S/C21H35N5O3/c1-2-3-4-5-8-24-20(27)7-13-26(21(28)19-18-22-9-10-23-19)12-6-11-25-14-16-29-17-15-25/h9-10,18H,2-8,11-17H2,1H3,(H,24,27)/p+1. The number of nitrogens with zero attached hydrogens (tertiary/aromatic N) is 3. The predicted molar refractivity (Wildman–Crippen MR) is 111 cm³/mol. The van der Waals surface area contributed by atoms with Gasteiger partial charge in [0.05, 0.1) is 26.0 Å². The molecule has 1 fully saturated rings. The Morgan fingerprint density at radius 2 is 1.97 bits per heavy atom. The van der Waals surface area contributed by atoms with Crippen molar-refractivity contribution in [1.82, 2.24) is 20.2 Å². The van der Waals surface area contributed by atoms with E-state index in [1.54, 1.807) is 11.1 Å². The molecule has 1 aliphatic heterocycles. The maximum Gasteiger partial charge on any atom is 0.274 e. The fourth-order valence-corrected chi connectivity index (χ4v) is 3.42. The van der Waals surface area contributed by atoms with Gasteiger partial charge in [-0.25, -0.2) is 4.98 Å². The third-order valence-electron chi connectivity index (χ3n) is 5.19. The number of nitrogens with one attached hydrogen (secondary N) is 2. The second-order valence-electron chi connectivity index (χ2n) is 7.51. The summed E-state index contributed by atoms with van der Waals surface area (Å²) in [6, 6.07) is 0. The fraction of sp³-hybridized carbons (Fsp3) is 0.714. The van der Waals surface area contributed by atoms with E-state index in [1.807, 2.05) is 0 Å². The summed E-state index contributed by atoms with van der Waals surface area (Å²) in [6.45, 7) is 8.51. The van der Waals surface area contributed by atoms with Gasteiger partial charge in [0.1, 0.15) is 18.8 Å². The third-order valence-corrected chi connectivity index (χ3v) is 5.19. The molecular formula is C21H36N5O3+. The number of hydrogen-bond acceptors (Lipinski definition) is 5. The molecule has 2 amide bonds. The molecule has 2 heterocycles. The number of unbranched alkanes of at least 4 members (excludes halogenated alkanes) is 3. The summed E-state index contributed by atoms with van der Waals surface area (Å²) < 4.78 is 5.40. The van der Waals surface area contributed by atoms with Crippen LogP contribution in [0.1, 0.15) is 55.9 Å². The van der Waals surface area contributed by atoms with Crippen molar-refractivity contribution in [3.05, 3.63) is 24.3 Å². The molecule has 0 saturated carbocycles. The van der Waals surface area contributed by atoms with E-state index >= 15 is 0 Å². The second kappa shape index (κ2) is 14.0. The monoisotopic (exact) mass is 406 g/mol. The van der Waals surface area contributed by atoms with Crippen molar-refractivity contribution < 1.29 is 19.2 Å². The molecule has 0 radical (unpaired) electrons. The summed E-state index contributed by atoms with van der Waals surface area (Å²) in [6.07, 6.45) is 10.3. The molecule has 1 aromatic heterocycles. The number of hydrogen-bond donors (Lipinski definition) is 2. The number of aromatic nitrogens is 2. The lowest BCUT2D eigenvalue weighted by molar-refractivity contribution is -0.908. The summed E-state index contributed by atoms with van der Waals surface area (Å²) in [4.78, 5) is 36.4. The van der Waals surface area contributed by atoms with Gasteiger partial charge in [0, 0.05) is 44.9 Å². The van der Waals surface area contributed by atoms with Gasteiger partial charge in [-0.1, -0.05) is 26.2 Å². The van der Waals surface area contributed by atoms with Gasteiger partial charge in [-0.3, -0.25) is 14.6 Å². The summed E-state index contributed by atoms with van der Waals surface area (Å²) in [5.41, 5.74) is 0.325. The summed E-state index contributed by atoms with van der Waals surface area (Å²) in [5.74, 6) is -0.164. The van der Waals surface area contributed by atoms with Crippen molar-refractivity contribution in [2.24, 2.45) is 0 Å². The Hall–Kier alpha value is -2.06. The predicted octanol–water partition coefficient (Wildman–Crippen LogP) is 0.311. The van der Waals surface area contributed by atoms with Gasteiger partial charge in [0.15, 0.2) is 0 Å².